The largest absolute Gasteiger partial charge is 0.324 e. The summed E-state index contributed by atoms with van der Waals surface area (Å²) >= 11 is 0. The lowest BCUT2D eigenvalue weighted by molar-refractivity contribution is -0.384. The number of nitrogens with one attached hydrogen (secondary N) is 2. The monoisotopic (exact) mass is 275 g/mol. The fourth-order valence-electron chi connectivity index (χ4n) is 3.39. The molecule has 1 aliphatic heterocycles. The van der Waals surface area contributed by atoms with Gasteiger partial charge in [0.1, 0.15) is 0 Å². The van der Waals surface area contributed by atoms with E-state index in [1.807, 2.05) is 0 Å². The van der Waals surface area contributed by atoms with Gasteiger partial charge in [0.2, 0.25) is 5.91 Å². The van der Waals surface area contributed by atoms with Gasteiger partial charge in [-0.05, 0) is 37.3 Å². The summed E-state index contributed by atoms with van der Waals surface area (Å²) in [7, 11) is 0. The van der Waals surface area contributed by atoms with Gasteiger partial charge >= 0.3 is 0 Å². The Morgan fingerprint density at radius 3 is 3.05 bits per heavy atom. The van der Waals surface area contributed by atoms with Crippen LogP contribution in [0.5, 0.6) is 0 Å². The molecule has 3 atom stereocenters. The first-order valence-electron chi connectivity index (χ1n) is 6.94. The molecule has 3 rings (SSSR count). The van der Waals surface area contributed by atoms with E-state index in [1.165, 1.54) is 25.0 Å². The van der Waals surface area contributed by atoms with Crippen molar-refractivity contribution in [3.8, 4) is 0 Å². The molecule has 0 spiro atoms. The Kier molecular flexibility index (Phi) is 3.40. The molecule has 1 aromatic carbocycles. The van der Waals surface area contributed by atoms with Gasteiger partial charge in [0.25, 0.3) is 5.69 Å². The first-order chi connectivity index (χ1) is 9.65. The van der Waals surface area contributed by atoms with E-state index in [-0.39, 0.29) is 17.6 Å². The van der Waals surface area contributed by atoms with Crippen LogP contribution >= 0.6 is 0 Å². The van der Waals surface area contributed by atoms with Crippen LogP contribution in [0.2, 0.25) is 0 Å². The maximum Gasteiger partial charge on any atom is 0.271 e. The number of nitro benzene ring substituents is 1. The third-order valence-corrected chi connectivity index (χ3v) is 4.35. The van der Waals surface area contributed by atoms with Crippen LogP contribution in [-0.2, 0) is 4.79 Å². The molecule has 1 amide bonds. The Morgan fingerprint density at radius 1 is 1.40 bits per heavy atom. The predicted octanol–water partition coefficient (Wildman–Crippen LogP) is 1.92. The molecule has 0 bridgehead atoms. The molecule has 2 N–H and O–H groups in total. The molecule has 1 heterocycles. The summed E-state index contributed by atoms with van der Waals surface area (Å²) in [5.74, 6) is 0.935. The van der Waals surface area contributed by atoms with E-state index in [0.717, 1.165) is 13.0 Å². The molecule has 1 saturated heterocycles. The first-order valence-corrected chi connectivity index (χ1v) is 6.94. The van der Waals surface area contributed by atoms with E-state index in [4.69, 9.17) is 0 Å². The lowest BCUT2D eigenvalue weighted by atomic mass is 9.93. The van der Waals surface area contributed by atoms with Gasteiger partial charge in [0, 0.05) is 17.8 Å². The van der Waals surface area contributed by atoms with Gasteiger partial charge < -0.3 is 10.6 Å². The highest BCUT2D eigenvalue weighted by Gasteiger charge is 2.42. The normalized spacial score (nSPS) is 28.1. The van der Waals surface area contributed by atoms with Gasteiger partial charge in [0.15, 0.2) is 0 Å². The summed E-state index contributed by atoms with van der Waals surface area (Å²) in [5.41, 5.74) is 0.466. The minimum Gasteiger partial charge on any atom is -0.324 e. The molecular weight excluding hydrogens is 258 g/mol. The van der Waals surface area contributed by atoms with Crippen molar-refractivity contribution >= 4 is 17.3 Å². The van der Waals surface area contributed by atoms with E-state index in [0.29, 0.717) is 17.5 Å². The Hall–Kier alpha value is -1.95. The molecule has 2 aliphatic rings. The number of anilines is 1. The quantitative estimate of drug-likeness (QED) is 0.652. The fraction of sp³-hybridized carbons (Fsp3) is 0.500. The number of benzene rings is 1. The second kappa shape index (κ2) is 5.20. The third-order valence-electron chi connectivity index (χ3n) is 4.35. The molecule has 20 heavy (non-hydrogen) atoms. The van der Waals surface area contributed by atoms with Crippen molar-refractivity contribution in [3.63, 3.8) is 0 Å². The molecule has 1 saturated carbocycles. The van der Waals surface area contributed by atoms with Crippen LogP contribution in [0.4, 0.5) is 11.4 Å². The lowest BCUT2D eigenvalue weighted by Crippen LogP contribution is -2.39. The van der Waals surface area contributed by atoms with Gasteiger partial charge in [-0.1, -0.05) is 12.5 Å². The molecule has 3 unspecified atom stereocenters. The second-order valence-electron chi connectivity index (χ2n) is 5.54. The number of nitro groups is 1. The van der Waals surface area contributed by atoms with Gasteiger partial charge in [0.05, 0.1) is 11.0 Å². The number of fused-ring (bicyclic) bond motifs is 1. The van der Waals surface area contributed by atoms with Crippen molar-refractivity contribution in [2.45, 2.75) is 25.3 Å². The minimum absolute atomic E-state index is 0.0130. The lowest BCUT2D eigenvalue weighted by Gasteiger charge is -2.17. The van der Waals surface area contributed by atoms with Crippen LogP contribution in [0.15, 0.2) is 24.3 Å². The molecule has 2 fully saturated rings. The summed E-state index contributed by atoms with van der Waals surface area (Å²) in [6.07, 6.45) is 3.47. The number of carbonyl (C=O) groups excluding carboxylic acids is 1. The van der Waals surface area contributed by atoms with Crippen LogP contribution < -0.4 is 10.6 Å². The molecule has 1 aliphatic carbocycles. The standard InChI is InChI=1S/C14H17N3O3/c18-14(13-12-6-1-3-9(12)8-15-13)16-10-4-2-5-11(7-10)17(19)20/h2,4-5,7,9,12-13,15H,1,3,6,8H2,(H,16,18). The molecule has 0 aromatic heterocycles. The highest BCUT2D eigenvalue weighted by molar-refractivity contribution is 5.95. The van der Waals surface area contributed by atoms with Gasteiger partial charge in [-0.15, -0.1) is 0 Å². The summed E-state index contributed by atoms with van der Waals surface area (Å²) in [6, 6.07) is 5.89. The Labute approximate surface area is 116 Å². The van der Waals surface area contributed by atoms with Gasteiger partial charge in [-0.3, -0.25) is 14.9 Å². The van der Waals surface area contributed by atoms with Crippen molar-refractivity contribution in [2.75, 3.05) is 11.9 Å². The van der Waals surface area contributed by atoms with E-state index in [1.54, 1.807) is 12.1 Å². The number of amides is 1. The summed E-state index contributed by atoms with van der Waals surface area (Å²) in [6.45, 7) is 0.900. The smallest absolute Gasteiger partial charge is 0.271 e. The van der Waals surface area contributed by atoms with E-state index in [9.17, 15) is 14.9 Å². The highest BCUT2D eigenvalue weighted by atomic mass is 16.6. The van der Waals surface area contributed by atoms with Crippen LogP contribution in [0, 0.1) is 22.0 Å². The van der Waals surface area contributed by atoms with Crippen molar-refractivity contribution in [2.24, 2.45) is 11.8 Å². The number of hydrogen-bond donors (Lipinski definition) is 2. The Morgan fingerprint density at radius 2 is 2.25 bits per heavy atom. The molecular formula is C14H17N3O3. The zero-order chi connectivity index (χ0) is 14.1. The highest BCUT2D eigenvalue weighted by Crippen LogP contribution is 2.38. The van der Waals surface area contributed by atoms with Crippen LogP contribution in [-0.4, -0.2) is 23.4 Å². The summed E-state index contributed by atoms with van der Waals surface area (Å²) < 4.78 is 0. The van der Waals surface area contributed by atoms with Gasteiger partial charge in [-0.2, -0.15) is 0 Å². The number of carbonyl (C=O) groups is 1. The average molecular weight is 275 g/mol. The number of rotatable bonds is 3. The maximum absolute atomic E-state index is 12.3. The SMILES string of the molecule is O=C(Nc1cccc([N+](=O)[O-])c1)C1NCC2CCCC21. The van der Waals surface area contributed by atoms with E-state index in [2.05, 4.69) is 10.6 Å². The molecule has 0 radical (unpaired) electrons. The molecule has 6 nitrogen and oxygen atoms in total. The number of nitrogens with zero attached hydrogens (tertiary/aromatic N) is 1. The van der Waals surface area contributed by atoms with Crippen molar-refractivity contribution < 1.29 is 9.72 Å². The molecule has 106 valence electrons. The first kappa shape index (κ1) is 13.1. The predicted molar refractivity (Wildman–Crippen MR) is 74.3 cm³/mol. The Balaban J connectivity index is 1.70. The zero-order valence-electron chi connectivity index (χ0n) is 11.0. The van der Waals surface area contributed by atoms with Crippen molar-refractivity contribution in [3.05, 3.63) is 34.4 Å². The average Bonchev–Trinajstić information content (AvgIpc) is 3.00. The van der Waals surface area contributed by atoms with Crippen molar-refractivity contribution in [1.29, 1.82) is 0 Å². The number of non-ortho nitro benzene ring substituents is 1. The van der Waals surface area contributed by atoms with E-state index < -0.39 is 4.92 Å². The van der Waals surface area contributed by atoms with Crippen LogP contribution in [0.1, 0.15) is 19.3 Å². The maximum atomic E-state index is 12.3. The molecule has 1 aromatic rings. The fourth-order valence-corrected chi connectivity index (χ4v) is 3.39. The topological polar surface area (TPSA) is 84.3 Å². The zero-order valence-corrected chi connectivity index (χ0v) is 11.0. The third kappa shape index (κ3) is 2.38. The van der Waals surface area contributed by atoms with Crippen LogP contribution in [0.25, 0.3) is 0 Å². The van der Waals surface area contributed by atoms with Crippen molar-refractivity contribution in [1.82, 2.24) is 5.32 Å². The number of hydrogen-bond acceptors (Lipinski definition) is 4. The van der Waals surface area contributed by atoms with E-state index >= 15 is 0 Å². The summed E-state index contributed by atoms with van der Waals surface area (Å²) in [4.78, 5) is 22.6. The van der Waals surface area contributed by atoms with Gasteiger partial charge in [-0.25, -0.2) is 0 Å². The summed E-state index contributed by atoms with van der Waals surface area (Å²) in [5, 5.41) is 16.8. The molecule has 6 heteroatoms. The second-order valence-corrected chi connectivity index (χ2v) is 5.54. The van der Waals surface area contributed by atoms with Crippen LogP contribution in [0.3, 0.4) is 0 Å². The minimum atomic E-state index is -0.462. The Bertz CT molecular complexity index is 546.